The molecule has 460 valence electrons. The number of allylic oxidation sites excluding steroid dienone is 10. The van der Waals surface area contributed by atoms with Crippen molar-refractivity contribution in [2.45, 2.75) is 322 Å². The maximum absolute atomic E-state index is 12.9. The molecule has 2 atom stereocenters. The lowest BCUT2D eigenvalue weighted by Crippen LogP contribution is -2.44. The van der Waals surface area contributed by atoms with Crippen molar-refractivity contribution >= 4 is 17.9 Å². The number of carbonyl (C=O) groups excluding carboxylic acids is 3. The van der Waals surface area contributed by atoms with Crippen LogP contribution in [0.1, 0.15) is 309 Å². The highest BCUT2D eigenvalue weighted by Crippen LogP contribution is 2.18. The summed E-state index contributed by atoms with van der Waals surface area (Å²) in [5, 5.41) is 11.8. The van der Waals surface area contributed by atoms with Crippen molar-refractivity contribution in [3.63, 3.8) is 0 Å². The summed E-state index contributed by atoms with van der Waals surface area (Å²) >= 11 is 0. The molecule has 0 aliphatic rings. The average molecular weight is 1110 g/mol. The van der Waals surface area contributed by atoms with Gasteiger partial charge in [-0.25, -0.2) is 0 Å². The standard InChI is InChI=1S/C70H127NO8/c1-6-8-10-12-14-16-18-20-22-24-25-26-27-28-29-30-31-32-33-34-35-36-37-38-39-40-41-42-43-45-46-48-50-52-54-56-58-60-67(72)77-64-66(65-78-70(69(74)75)76-63-62-71(3,4)5)79-68(73)61-59-57-55-53-51-49-47-44-23-21-19-17-15-13-11-9-7-2/h9,11,15,17-18,20-21,23-25,66,70H,6-8,10,12-14,16,19,22,26-65H2,1-5H3/b11-9-,17-15-,20-18-,23-21-,25-24-. The van der Waals surface area contributed by atoms with Gasteiger partial charge in [-0.3, -0.25) is 9.59 Å². The number of carboxylic acids is 1. The van der Waals surface area contributed by atoms with Crippen LogP contribution in [0.3, 0.4) is 0 Å². The van der Waals surface area contributed by atoms with Crippen molar-refractivity contribution in [2.24, 2.45) is 0 Å². The van der Waals surface area contributed by atoms with E-state index in [4.69, 9.17) is 18.9 Å². The molecular formula is C70H127NO8. The number of nitrogens with zero attached hydrogens (tertiary/aromatic N) is 1. The number of carbonyl (C=O) groups is 3. The van der Waals surface area contributed by atoms with Gasteiger partial charge in [0.15, 0.2) is 12.4 Å². The number of ether oxygens (including phenoxy) is 4. The van der Waals surface area contributed by atoms with E-state index in [-0.39, 0.29) is 32.2 Å². The molecule has 0 N–H and O–H groups in total. The van der Waals surface area contributed by atoms with Crippen molar-refractivity contribution in [3.05, 3.63) is 60.8 Å². The second-order valence-electron chi connectivity index (χ2n) is 23.7. The van der Waals surface area contributed by atoms with Crippen molar-refractivity contribution in [3.8, 4) is 0 Å². The summed E-state index contributed by atoms with van der Waals surface area (Å²) < 4.78 is 22.7. The van der Waals surface area contributed by atoms with Crippen molar-refractivity contribution < 1.29 is 42.9 Å². The van der Waals surface area contributed by atoms with Crippen LogP contribution < -0.4 is 5.11 Å². The van der Waals surface area contributed by atoms with Gasteiger partial charge in [-0.1, -0.05) is 280 Å². The van der Waals surface area contributed by atoms with E-state index in [1.165, 1.54) is 205 Å². The first-order chi connectivity index (χ1) is 38.6. The lowest BCUT2D eigenvalue weighted by atomic mass is 10.0. The monoisotopic (exact) mass is 1110 g/mol. The molecule has 0 radical (unpaired) electrons. The maximum Gasteiger partial charge on any atom is 0.306 e. The predicted octanol–water partition coefficient (Wildman–Crippen LogP) is 19.0. The summed E-state index contributed by atoms with van der Waals surface area (Å²) in [4.78, 5) is 37.3. The van der Waals surface area contributed by atoms with Crippen molar-refractivity contribution in [1.29, 1.82) is 0 Å². The van der Waals surface area contributed by atoms with E-state index in [9.17, 15) is 19.5 Å². The molecule has 79 heavy (non-hydrogen) atoms. The van der Waals surface area contributed by atoms with E-state index in [0.29, 0.717) is 23.9 Å². The molecule has 0 heterocycles. The number of quaternary nitrogens is 1. The Hall–Kier alpha value is -3.01. The lowest BCUT2D eigenvalue weighted by Gasteiger charge is -2.26. The first-order valence-corrected chi connectivity index (χ1v) is 33.4. The molecule has 0 aromatic heterocycles. The molecule has 0 aliphatic carbocycles. The number of hydrogen-bond acceptors (Lipinski definition) is 8. The van der Waals surface area contributed by atoms with Crippen LogP contribution >= 0.6 is 0 Å². The maximum atomic E-state index is 12.9. The quantitative estimate of drug-likeness (QED) is 0.0195. The van der Waals surface area contributed by atoms with Gasteiger partial charge in [0.05, 0.1) is 40.3 Å². The van der Waals surface area contributed by atoms with E-state index in [0.717, 1.165) is 70.6 Å². The van der Waals surface area contributed by atoms with Crippen LogP contribution in [0.25, 0.3) is 0 Å². The Labute approximate surface area is 488 Å². The third kappa shape index (κ3) is 62.4. The summed E-state index contributed by atoms with van der Waals surface area (Å²) in [6, 6.07) is 0. The summed E-state index contributed by atoms with van der Waals surface area (Å²) in [5.41, 5.74) is 0. The molecule has 9 nitrogen and oxygen atoms in total. The number of aliphatic carboxylic acids is 1. The zero-order chi connectivity index (χ0) is 57.6. The molecule has 0 fully saturated rings. The molecule has 0 saturated heterocycles. The number of esters is 2. The Morgan fingerprint density at radius 1 is 0.392 bits per heavy atom. The fourth-order valence-corrected chi connectivity index (χ4v) is 9.64. The van der Waals surface area contributed by atoms with Gasteiger partial charge in [0.2, 0.25) is 0 Å². The first-order valence-electron chi connectivity index (χ1n) is 33.4. The molecule has 0 aliphatic heterocycles. The molecule has 2 unspecified atom stereocenters. The molecular weight excluding hydrogens is 983 g/mol. The zero-order valence-corrected chi connectivity index (χ0v) is 52.5. The number of carboxylic acid groups (broad SMARTS) is 1. The van der Waals surface area contributed by atoms with Crippen LogP contribution in [0, 0.1) is 0 Å². The van der Waals surface area contributed by atoms with Crippen molar-refractivity contribution in [2.75, 3.05) is 47.5 Å². The lowest BCUT2D eigenvalue weighted by molar-refractivity contribution is -0.870. The molecule has 0 rings (SSSR count). The van der Waals surface area contributed by atoms with E-state index in [1.54, 1.807) is 0 Å². The summed E-state index contributed by atoms with van der Waals surface area (Å²) in [6.07, 6.45) is 76.0. The summed E-state index contributed by atoms with van der Waals surface area (Å²) in [5.74, 6) is -2.28. The van der Waals surface area contributed by atoms with Gasteiger partial charge in [0.1, 0.15) is 13.2 Å². The van der Waals surface area contributed by atoms with Gasteiger partial charge in [-0.05, 0) is 77.0 Å². The minimum absolute atomic E-state index is 0.145. The SMILES string of the molecule is CC/C=C\C/C=C\C/C=C\CCCCCCCCCC(=O)OC(COC(=O)CCCCCCCCCCCCCCCCCCCCCCCCCCC/C=C\C/C=C\CCCCCCC)COC(OCC[N+](C)(C)C)C(=O)[O-]. The Kier molecular flexibility index (Phi) is 58.7. The van der Waals surface area contributed by atoms with Crippen LogP contribution in [0.15, 0.2) is 60.8 Å². The molecule has 0 aromatic carbocycles. The zero-order valence-electron chi connectivity index (χ0n) is 52.5. The van der Waals surface area contributed by atoms with Gasteiger partial charge in [0.25, 0.3) is 0 Å². The first kappa shape index (κ1) is 76.0. The van der Waals surface area contributed by atoms with Crippen LogP contribution in [-0.4, -0.2) is 82.3 Å². The minimum Gasteiger partial charge on any atom is -0.545 e. The van der Waals surface area contributed by atoms with Gasteiger partial charge < -0.3 is 33.3 Å². The van der Waals surface area contributed by atoms with Gasteiger partial charge in [-0.15, -0.1) is 0 Å². The van der Waals surface area contributed by atoms with Gasteiger partial charge in [-0.2, -0.15) is 0 Å². The number of hydrogen-bond donors (Lipinski definition) is 0. The van der Waals surface area contributed by atoms with Crippen LogP contribution in [0.2, 0.25) is 0 Å². The molecule has 0 aromatic rings. The van der Waals surface area contributed by atoms with Crippen LogP contribution in [0.5, 0.6) is 0 Å². The summed E-state index contributed by atoms with van der Waals surface area (Å²) in [7, 11) is 5.92. The third-order valence-electron chi connectivity index (χ3n) is 14.7. The molecule has 9 heteroatoms. The number of likely N-dealkylation sites (N-methyl/N-ethyl adjacent to an activating group) is 1. The summed E-state index contributed by atoms with van der Waals surface area (Å²) in [6.45, 7) is 4.65. The second-order valence-corrected chi connectivity index (χ2v) is 23.7. The molecule has 0 saturated carbocycles. The Balaban J connectivity index is 3.98. The van der Waals surface area contributed by atoms with Gasteiger partial charge >= 0.3 is 11.9 Å². The highest BCUT2D eigenvalue weighted by atomic mass is 16.7. The van der Waals surface area contributed by atoms with E-state index >= 15 is 0 Å². The number of rotatable bonds is 62. The molecule has 0 bridgehead atoms. The number of unbranched alkanes of at least 4 members (excludes halogenated alkanes) is 37. The fraction of sp³-hybridized carbons (Fsp3) is 0.814. The molecule has 0 spiro atoms. The Bertz CT molecular complexity index is 1480. The smallest absolute Gasteiger partial charge is 0.306 e. The topological polar surface area (TPSA) is 111 Å². The van der Waals surface area contributed by atoms with Crippen molar-refractivity contribution in [1.82, 2.24) is 0 Å². The Morgan fingerprint density at radius 3 is 1.08 bits per heavy atom. The van der Waals surface area contributed by atoms with Crippen LogP contribution in [0.4, 0.5) is 0 Å². The van der Waals surface area contributed by atoms with Crippen LogP contribution in [-0.2, 0) is 33.3 Å². The third-order valence-corrected chi connectivity index (χ3v) is 14.7. The second kappa shape index (κ2) is 61.1. The van der Waals surface area contributed by atoms with E-state index in [2.05, 4.69) is 74.6 Å². The highest BCUT2D eigenvalue weighted by Gasteiger charge is 2.22. The van der Waals surface area contributed by atoms with E-state index in [1.807, 2.05) is 21.1 Å². The fourth-order valence-electron chi connectivity index (χ4n) is 9.64. The largest absolute Gasteiger partial charge is 0.545 e. The average Bonchev–Trinajstić information content (AvgIpc) is 3.42. The van der Waals surface area contributed by atoms with Gasteiger partial charge in [0, 0.05) is 12.8 Å². The highest BCUT2D eigenvalue weighted by molar-refractivity contribution is 5.70. The van der Waals surface area contributed by atoms with E-state index < -0.39 is 24.3 Å². The minimum atomic E-state index is -1.62. The normalized spacial score (nSPS) is 13.1. The predicted molar refractivity (Wildman–Crippen MR) is 334 cm³/mol. The molecule has 0 amide bonds. The Morgan fingerprint density at radius 2 is 0.722 bits per heavy atom.